The fourth-order valence-electron chi connectivity index (χ4n) is 12.7. The smallest absolute Gasteiger partial charge is 0.251 e. The van der Waals surface area contributed by atoms with Crippen molar-refractivity contribution in [2.75, 3.05) is 68.7 Å². The van der Waals surface area contributed by atoms with Gasteiger partial charge in [0, 0.05) is 31.4 Å². The number of aryl methyl sites for hydroxylation is 1. The summed E-state index contributed by atoms with van der Waals surface area (Å²) < 4.78 is 7.08. The Morgan fingerprint density at radius 1 is 0.358 bits per heavy atom. The molecule has 4 unspecified atom stereocenters. The van der Waals surface area contributed by atoms with Gasteiger partial charge in [0.05, 0.1) is 118 Å². The molecule has 0 bridgehead atoms. The maximum Gasteiger partial charge on any atom is 0.251 e. The van der Waals surface area contributed by atoms with Crippen molar-refractivity contribution in [1.29, 1.82) is 0 Å². The van der Waals surface area contributed by atoms with E-state index in [-0.39, 0.29) is 47.8 Å². The van der Waals surface area contributed by atoms with Crippen molar-refractivity contribution in [3.63, 3.8) is 0 Å². The molecule has 0 radical (unpaired) electrons. The molecule has 0 fully saturated rings. The summed E-state index contributed by atoms with van der Waals surface area (Å²) in [4.78, 5) is 49.5. The number of nitrogens with one attached hydrogen (secondary N) is 12. The SMILES string of the molecule is Cc1ccc(C2Nc3ccccc3NC3=C2C(=O)NC3)cc1.O=C1NCC2=C1C(c1ccc(Cl)cc1)Nc1ccccc1N2.O=C1NCC2=C1C(c1ccc(I)cc1)Nc1ccccc1N2.O=C1NCC2=C1C(c1ccc(OCc3ccccc3)cc1)Nc1ccccc1N2. The minimum Gasteiger partial charge on any atom is -0.489 e. The van der Waals surface area contributed by atoms with Crippen LogP contribution in [-0.4, -0.2) is 49.8 Å². The molecule has 9 aromatic carbocycles. The number of anilines is 8. The van der Waals surface area contributed by atoms with E-state index in [4.69, 9.17) is 16.3 Å². The minimum absolute atomic E-state index is 0.00613. The average Bonchev–Trinajstić information content (AvgIpc) is 1.68. The van der Waals surface area contributed by atoms with Gasteiger partial charge in [-0.05, 0) is 142 Å². The fourth-order valence-corrected chi connectivity index (χ4v) is 13.1. The average molecular weight is 1390 g/mol. The summed E-state index contributed by atoms with van der Waals surface area (Å²) >= 11 is 8.27. The van der Waals surface area contributed by atoms with Crippen LogP contribution < -0.4 is 68.5 Å². The highest BCUT2D eigenvalue weighted by atomic mass is 127. The first kappa shape index (κ1) is 61.5. The van der Waals surface area contributed by atoms with Crippen molar-refractivity contribution in [3.8, 4) is 5.75 Å². The predicted octanol–water partition coefficient (Wildman–Crippen LogP) is 13.7. The molecule has 8 heterocycles. The van der Waals surface area contributed by atoms with Crippen LogP contribution in [0.3, 0.4) is 0 Å². The zero-order chi connectivity index (χ0) is 64.9. The van der Waals surface area contributed by atoms with E-state index in [1.165, 1.54) is 9.13 Å². The van der Waals surface area contributed by atoms with Gasteiger partial charge in [-0.2, -0.15) is 0 Å². The summed E-state index contributed by atoms with van der Waals surface area (Å²) in [5, 5.41) is 39.9. The number of carbonyl (C=O) groups excluding carboxylic acids is 4. The summed E-state index contributed by atoms with van der Waals surface area (Å²) in [6.07, 6.45) is 0. The van der Waals surface area contributed by atoms with Gasteiger partial charge in [0.2, 0.25) is 0 Å². The fraction of sp³-hybridized carbons (Fsp3) is 0.132. The highest BCUT2D eigenvalue weighted by molar-refractivity contribution is 14.1. The van der Waals surface area contributed by atoms with E-state index in [1.807, 2.05) is 176 Å². The molecular weight excluding hydrogens is 1320 g/mol. The van der Waals surface area contributed by atoms with Gasteiger partial charge in [-0.25, -0.2) is 0 Å². The zero-order valence-corrected chi connectivity index (χ0v) is 54.4. The number of carbonyl (C=O) groups is 4. The van der Waals surface area contributed by atoms with Gasteiger partial charge in [-0.15, -0.1) is 0 Å². The van der Waals surface area contributed by atoms with Gasteiger partial charge in [-0.3, -0.25) is 19.2 Å². The predicted molar refractivity (Wildman–Crippen MR) is 385 cm³/mol. The molecule has 8 aliphatic rings. The van der Waals surface area contributed by atoms with E-state index in [0.717, 1.165) is 124 Å². The number of hydrogen-bond donors (Lipinski definition) is 12. The van der Waals surface area contributed by atoms with Crippen molar-refractivity contribution < 1.29 is 23.9 Å². The van der Waals surface area contributed by atoms with Crippen LogP contribution >= 0.6 is 34.2 Å². The quantitative estimate of drug-likeness (QED) is 0.0669. The van der Waals surface area contributed by atoms with E-state index < -0.39 is 0 Å². The molecule has 0 aromatic heterocycles. The van der Waals surface area contributed by atoms with Gasteiger partial charge in [0.1, 0.15) is 12.4 Å². The van der Waals surface area contributed by atoms with Crippen LogP contribution in [0, 0.1) is 10.5 Å². The largest absolute Gasteiger partial charge is 0.489 e. The van der Waals surface area contributed by atoms with Crippen LogP contribution in [0.4, 0.5) is 45.5 Å². The molecule has 0 aliphatic carbocycles. The van der Waals surface area contributed by atoms with Gasteiger partial charge in [-0.1, -0.05) is 157 Å². The Hall–Kier alpha value is -11.0. The molecule has 474 valence electrons. The van der Waals surface area contributed by atoms with E-state index in [0.29, 0.717) is 37.8 Å². The van der Waals surface area contributed by atoms with Gasteiger partial charge in [0.25, 0.3) is 23.6 Å². The standard InChI is InChI=1S/C24H21N3O2.C18H17N3O.C17H14ClN3O.C17H14IN3O/c28-24-22-21(14-25-24)26-19-8-4-5-9-20(19)27-23(22)17-10-12-18(13-11-17)29-15-16-6-2-1-3-7-16;1-11-6-8-12(9-7-11)17-16-15(10-19-18(16)22)20-13-4-2-3-5-14(13)21-17;2*18-11-7-5-10(6-8-11)16-15-14(9-19-17(15)22)20-12-3-1-2-4-13(12)21-16/h1-13,23,26-27H,14-15H2,(H,25,28);2-9,17,20-21H,10H2,1H3,(H,19,22);2*1-8,16,20-21H,9H2,(H,19,22). The first-order valence-corrected chi connectivity index (χ1v) is 32.8. The Balaban J connectivity index is 0.000000110. The molecule has 12 N–H and O–H groups in total. The highest BCUT2D eigenvalue weighted by Gasteiger charge is 2.38. The lowest BCUT2D eigenvalue weighted by molar-refractivity contribution is -0.117. The summed E-state index contributed by atoms with van der Waals surface area (Å²) in [7, 11) is 0. The molecule has 19 heteroatoms. The number of para-hydroxylation sites is 8. The van der Waals surface area contributed by atoms with Crippen molar-refractivity contribution in [2.45, 2.75) is 37.7 Å². The minimum atomic E-state index is -0.230. The Kier molecular flexibility index (Phi) is 17.7. The molecule has 95 heavy (non-hydrogen) atoms. The molecule has 0 spiro atoms. The maximum atomic E-state index is 12.5. The Bertz CT molecular complexity index is 4260. The van der Waals surface area contributed by atoms with Crippen LogP contribution in [0.5, 0.6) is 5.75 Å². The molecule has 9 aromatic rings. The number of amides is 4. The van der Waals surface area contributed by atoms with Crippen molar-refractivity contribution in [1.82, 2.24) is 21.3 Å². The van der Waals surface area contributed by atoms with Crippen LogP contribution in [0.1, 0.15) is 57.5 Å². The van der Waals surface area contributed by atoms with Crippen molar-refractivity contribution in [2.24, 2.45) is 0 Å². The van der Waals surface area contributed by atoms with Gasteiger partial charge < -0.3 is 68.5 Å². The normalized spacial score (nSPS) is 18.9. The van der Waals surface area contributed by atoms with Crippen molar-refractivity contribution >= 4 is 103 Å². The van der Waals surface area contributed by atoms with Crippen molar-refractivity contribution in [3.05, 3.63) is 312 Å². The zero-order valence-electron chi connectivity index (χ0n) is 51.5. The van der Waals surface area contributed by atoms with E-state index in [2.05, 4.69) is 142 Å². The first-order chi connectivity index (χ1) is 46.4. The first-order valence-electron chi connectivity index (χ1n) is 31.3. The summed E-state index contributed by atoms with van der Waals surface area (Å²) in [5.74, 6) is 0.708. The Labute approximate surface area is 568 Å². The molecule has 0 saturated heterocycles. The lowest BCUT2D eigenvalue weighted by Gasteiger charge is -2.20. The molecule has 8 aliphatic heterocycles. The highest BCUT2D eigenvalue weighted by Crippen LogP contribution is 2.43. The third kappa shape index (κ3) is 13.4. The number of ether oxygens (including phenoxy) is 1. The monoisotopic (exact) mass is 1390 g/mol. The van der Waals surface area contributed by atoms with Gasteiger partial charge >= 0.3 is 0 Å². The second-order valence-electron chi connectivity index (χ2n) is 23.6. The molecule has 4 atom stereocenters. The Morgan fingerprint density at radius 3 is 0.979 bits per heavy atom. The molecule has 4 amide bonds. The maximum absolute atomic E-state index is 12.5. The van der Waals surface area contributed by atoms with Gasteiger partial charge in [0.15, 0.2) is 0 Å². The van der Waals surface area contributed by atoms with E-state index >= 15 is 0 Å². The third-order valence-electron chi connectivity index (χ3n) is 17.5. The molecular formula is C76H66ClIN12O5. The van der Waals surface area contributed by atoms with Crippen LogP contribution in [0.15, 0.2) is 270 Å². The summed E-state index contributed by atoms with van der Waals surface area (Å²) in [6, 6.07) is 73.5. The topological polar surface area (TPSA) is 222 Å². The number of benzene rings is 9. The lowest BCUT2D eigenvalue weighted by Crippen LogP contribution is -2.24. The van der Waals surface area contributed by atoms with E-state index in [9.17, 15) is 19.2 Å². The lowest BCUT2D eigenvalue weighted by atomic mass is 9.97. The van der Waals surface area contributed by atoms with Crippen LogP contribution in [0.2, 0.25) is 5.02 Å². The third-order valence-corrected chi connectivity index (χ3v) is 18.4. The number of halogens is 2. The summed E-state index contributed by atoms with van der Waals surface area (Å²) in [6.45, 7) is 4.72. The number of fused-ring (bicyclic) bond motifs is 4. The molecule has 0 saturated carbocycles. The second kappa shape index (κ2) is 27.3. The second-order valence-corrected chi connectivity index (χ2v) is 25.3. The number of rotatable bonds is 7. The summed E-state index contributed by atoms with van der Waals surface area (Å²) in [5.41, 5.74) is 21.2. The Morgan fingerprint density at radius 2 is 0.642 bits per heavy atom. The van der Waals surface area contributed by atoms with Crippen LogP contribution in [-0.2, 0) is 25.8 Å². The van der Waals surface area contributed by atoms with E-state index in [1.54, 1.807) is 0 Å². The molecule has 17 nitrogen and oxygen atoms in total. The number of hydrogen-bond acceptors (Lipinski definition) is 13. The van der Waals surface area contributed by atoms with Crippen LogP contribution in [0.25, 0.3) is 0 Å². The molecule has 17 rings (SSSR count).